The lowest BCUT2D eigenvalue weighted by Gasteiger charge is -2.07. The van der Waals surface area contributed by atoms with Crippen LogP contribution in [-0.4, -0.2) is 20.2 Å². The van der Waals surface area contributed by atoms with Gasteiger partial charge in [-0.05, 0) is 42.0 Å². The molecule has 0 saturated carbocycles. The van der Waals surface area contributed by atoms with E-state index in [0.29, 0.717) is 5.82 Å². The van der Waals surface area contributed by atoms with Gasteiger partial charge >= 0.3 is 0 Å². The van der Waals surface area contributed by atoms with Gasteiger partial charge in [0.25, 0.3) is 0 Å². The molecule has 0 aliphatic heterocycles. The third kappa shape index (κ3) is 1.87. The molecule has 5 nitrogen and oxygen atoms in total. The zero-order chi connectivity index (χ0) is 10.8. The second kappa shape index (κ2) is 3.78. The van der Waals surface area contributed by atoms with Gasteiger partial charge in [0.15, 0.2) is 5.82 Å². The van der Waals surface area contributed by atoms with Gasteiger partial charge in [-0.2, -0.15) is 4.68 Å². The van der Waals surface area contributed by atoms with Crippen molar-refractivity contribution in [2.45, 2.75) is 19.9 Å². The van der Waals surface area contributed by atoms with E-state index >= 15 is 0 Å². The van der Waals surface area contributed by atoms with E-state index < -0.39 is 0 Å². The molecule has 0 radical (unpaired) electrons. The Morgan fingerprint density at radius 2 is 2.20 bits per heavy atom. The predicted molar refractivity (Wildman–Crippen MR) is 56.5 cm³/mol. The van der Waals surface area contributed by atoms with Gasteiger partial charge < -0.3 is 5.73 Å². The second-order valence-corrected chi connectivity index (χ2v) is 3.58. The molecule has 0 fully saturated rings. The summed E-state index contributed by atoms with van der Waals surface area (Å²) in [4.78, 5) is 0. The number of nitrogens with two attached hydrogens (primary N) is 1. The van der Waals surface area contributed by atoms with Gasteiger partial charge in [0.1, 0.15) is 0 Å². The number of rotatable bonds is 2. The summed E-state index contributed by atoms with van der Waals surface area (Å²) in [5, 5.41) is 11.5. The van der Waals surface area contributed by atoms with Crippen molar-refractivity contribution in [3.8, 4) is 5.69 Å². The van der Waals surface area contributed by atoms with Crippen LogP contribution in [0.4, 0.5) is 0 Å². The largest absolute Gasteiger partial charge is 0.321 e. The summed E-state index contributed by atoms with van der Waals surface area (Å²) in [6, 6.07) is 7.79. The van der Waals surface area contributed by atoms with E-state index in [2.05, 4.69) is 15.5 Å². The Morgan fingerprint density at radius 1 is 1.40 bits per heavy atom. The lowest BCUT2D eigenvalue weighted by molar-refractivity contribution is 0.688. The maximum atomic E-state index is 5.77. The van der Waals surface area contributed by atoms with E-state index in [-0.39, 0.29) is 6.04 Å². The van der Waals surface area contributed by atoms with Crippen LogP contribution < -0.4 is 5.73 Å². The normalized spacial score (nSPS) is 12.7. The first-order valence-electron chi connectivity index (χ1n) is 4.79. The summed E-state index contributed by atoms with van der Waals surface area (Å²) in [6.07, 6.45) is 0. The van der Waals surface area contributed by atoms with Crippen LogP contribution in [-0.2, 0) is 0 Å². The quantitative estimate of drug-likeness (QED) is 0.790. The standard InChI is InChI=1S/C10H13N5/c1-7-4-3-5-9(6-7)15-10(8(2)11)12-13-14-15/h3-6,8H,11H2,1-2H3. The molecule has 1 unspecified atom stereocenters. The summed E-state index contributed by atoms with van der Waals surface area (Å²) in [7, 11) is 0. The molecule has 0 amide bonds. The van der Waals surface area contributed by atoms with Crippen molar-refractivity contribution in [3.05, 3.63) is 35.7 Å². The van der Waals surface area contributed by atoms with Crippen LogP contribution in [0.2, 0.25) is 0 Å². The maximum Gasteiger partial charge on any atom is 0.173 e. The molecule has 2 N–H and O–H groups in total. The van der Waals surface area contributed by atoms with Crippen molar-refractivity contribution in [3.63, 3.8) is 0 Å². The second-order valence-electron chi connectivity index (χ2n) is 3.58. The van der Waals surface area contributed by atoms with Gasteiger partial charge in [-0.15, -0.1) is 5.10 Å². The lowest BCUT2D eigenvalue weighted by Crippen LogP contribution is -2.13. The molecule has 1 aromatic heterocycles. The average molecular weight is 203 g/mol. The molecule has 0 saturated heterocycles. The number of hydrogen-bond acceptors (Lipinski definition) is 4. The lowest BCUT2D eigenvalue weighted by atomic mass is 10.2. The van der Waals surface area contributed by atoms with Gasteiger partial charge in [0.05, 0.1) is 11.7 Å². The number of aryl methyl sites for hydroxylation is 1. The van der Waals surface area contributed by atoms with E-state index in [9.17, 15) is 0 Å². The molecule has 1 heterocycles. The van der Waals surface area contributed by atoms with E-state index in [1.807, 2.05) is 38.1 Å². The fourth-order valence-corrected chi connectivity index (χ4v) is 1.42. The van der Waals surface area contributed by atoms with Crippen molar-refractivity contribution >= 4 is 0 Å². The van der Waals surface area contributed by atoms with Crippen molar-refractivity contribution in [2.24, 2.45) is 5.73 Å². The fraction of sp³-hybridized carbons (Fsp3) is 0.300. The van der Waals surface area contributed by atoms with Gasteiger partial charge in [-0.3, -0.25) is 0 Å². The fourth-order valence-electron chi connectivity index (χ4n) is 1.42. The Bertz CT molecular complexity index is 460. The SMILES string of the molecule is Cc1cccc(-n2nnnc2C(C)N)c1. The number of tetrazole rings is 1. The van der Waals surface area contributed by atoms with E-state index in [4.69, 9.17) is 5.73 Å². The number of aromatic nitrogens is 4. The highest BCUT2D eigenvalue weighted by atomic mass is 15.5. The summed E-state index contributed by atoms with van der Waals surface area (Å²) < 4.78 is 1.66. The molecule has 0 bridgehead atoms. The summed E-state index contributed by atoms with van der Waals surface area (Å²) in [5.41, 5.74) is 7.87. The first-order chi connectivity index (χ1) is 7.18. The van der Waals surface area contributed by atoms with Crippen LogP contribution >= 0.6 is 0 Å². The Kier molecular flexibility index (Phi) is 2.47. The van der Waals surface area contributed by atoms with Crippen LogP contribution in [0.5, 0.6) is 0 Å². The minimum atomic E-state index is -0.180. The van der Waals surface area contributed by atoms with E-state index in [1.54, 1.807) is 4.68 Å². The summed E-state index contributed by atoms with van der Waals surface area (Å²) >= 11 is 0. The van der Waals surface area contributed by atoms with Gasteiger partial charge in [-0.25, -0.2) is 0 Å². The molecule has 0 aliphatic carbocycles. The molecular formula is C10H13N5. The minimum absolute atomic E-state index is 0.180. The number of nitrogens with zero attached hydrogens (tertiary/aromatic N) is 4. The van der Waals surface area contributed by atoms with Crippen LogP contribution in [0.1, 0.15) is 24.4 Å². The maximum absolute atomic E-state index is 5.77. The van der Waals surface area contributed by atoms with Gasteiger partial charge in [-0.1, -0.05) is 12.1 Å². The third-order valence-electron chi connectivity index (χ3n) is 2.15. The topological polar surface area (TPSA) is 69.6 Å². The van der Waals surface area contributed by atoms with Crippen molar-refractivity contribution in [1.82, 2.24) is 20.2 Å². The highest BCUT2D eigenvalue weighted by Crippen LogP contribution is 2.13. The smallest absolute Gasteiger partial charge is 0.173 e. The molecule has 0 aliphatic rings. The molecule has 2 rings (SSSR count). The van der Waals surface area contributed by atoms with Crippen molar-refractivity contribution in [2.75, 3.05) is 0 Å². The zero-order valence-electron chi connectivity index (χ0n) is 8.75. The van der Waals surface area contributed by atoms with Gasteiger partial charge in [0.2, 0.25) is 0 Å². The summed E-state index contributed by atoms with van der Waals surface area (Å²) in [5.74, 6) is 0.667. The Morgan fingerprint density at radius 3 is 2.87 bits per heavy atom. The van der Waals surface area contributed by atoms with Gasteiger partial charge in [0, 0.05) is 0 Å². The monoisotopic (exact) mass is 203 g/mol. The molecule has 1 aromatic carbocycles. The molecule has 78 valence electrons. The zero-order valence-corrected chi connectivity index (χ0v) is 8.75. The Hall–Kier alpha value is -1.75. The van der Waals surface area contributed by atoms with Crippen LogP contribution in [0.25, 0.3) is 5.69 Å². The first kappa shape index (κ1) is 9.79. The van der Waals surface area contributed by atoms with Crippen molar-refractivity contribution in [1.29, 1.82) is 0 Å². The Balaban J connectivity index is 2.49. The minimum Gasteiger partial charge on any atom is -0.321 e. The average Bonchev–Trinajstić information content (AvgIpc) is 2.65. The Labute approximate surface area is 87.9 Å². The molecule has 0 spiro atoms. The molecule has 2 aromatic rings. The first-order valence-corrected chi connectivity index (χ1v) is 4.79. The molecule has 15 heavy (non-hydrogen) atoms. The molecule has 5 heteroatoms. The molecule has 1 atom stereocenters. The van der Waals surface area contributed by atoms with Crippen molar-refractivity contribution < 1.29 is 0 Å². The number of benzene rings is 1. The third-order valence-corrected chi connectivity index (χ3v) is 2.15. The highest BCUT2D eigenvalue weighted by Gasteiger charge is 2.11. The van der Waals surface area contributed by atoms with Crippen LogP contribution in [0.3, 0.4) is 0 Å². The van der Waals surface area contributed by atoms with E-state index in [1.165, 1.54) is 5.56 Å². The van der Waals surface area contributed by atoms with E-state index in [0.717, 1.165) is 5.69 Å². The number of hydrogen-bond donors (Lipinski definition) is 1. The highest BCUT2D eigenvalue weighted by molar-refractivity contribution is 5.35. The van der Waals surface area contributed by atoms with Crippen LogP contribution in [0, 0.1) is 6.92 Å². The predicted octanol–water partition coefficient (Wildman–Crippen LogP) is 0.990. The molecular weight excluding hydrogens is 190 g/mol. The summed E-state index contributed by atoms with van der Waals surface area (Å²) in [6.45, 7) is 3.89. The van der Waals surface area contributed by atoms with Crippen LogP contribution in [0.15, 0.2) is 24.3 Å².